The molecule has 3 rings (SSSR count). The molecule has 0 saturated carbocycles. The fraction of sp³-hybridized carbons (Fsp3) is 0.611. The summed E-state index contributed by atoms with van der Waals surface area (Å²) in [6.07, 6.45) is 2.33. The van der Waals surface area contributed by atoms with Crippen LogP contribution in [0.2, 0.25) is 5.02 Å². The molecule has 4 nitrogen and oxygen atoms in total. The second-order valence-electron chi connectivity index (χ2n) is 6.19. The minimum Gasteiger partial charge on any atom is -0.379 e. The van der Waals surface area contributed by atoms with E-state index in [1.54, 1.807) is 0 Å². The highest BCUT2D eigenvalue weighted by molar-refractivity contribution is 8.13. The van der Waals surface area contributed by atoms with Gasteiger partial charge in [0.2, 0.25) is 0 Å². The zero-order chi connectivity index (χ0) is 16.6. The summed E-state index contributed by atoms with van der Waals surface area (Å²) in [5.41, 5.74) is 1.18. The molecule has 132 valence electrons. The third kappa shape index (κ3) is 5.38. The maximum atomic E-state index is 6.37. The van der Waals surface area contributed by atoms with E-state index in [2.05, 4.69) is 21.9 Å². The highest BCUT2D eigenvalue weighted by Gasteiger charge is 2.17. The first-order valence-electron chi connectivity index (χ1n) is 8.78. The minimum atomic E-state index is 0.842. The van der Waals surface area contributed by atoms with Crippen LogP contribution in [0, 0.1) is 0 Å². The van der Waals surface area contributed by atoms with Crippen molar-refractivity contribution in [1.29, 1.82) is 0 Å². The van der Waals surface area contributed by atoms with E-state index in [-0.39, 0.29) is 0 Å². The van der Waals surface area contributed by atoms with Crippen LogP contribution < -0.4 is 0 Å². The Hall–Kier alpha value is -0.750. The van der Waals surface area contributed by atoms with Gasteiger partial charge in [-0.2, -0.15) is 0 Å². The Morgan fingerprint density at radius 3 is 2.83 bits per heavy atom. The lowest BCUT2D eigenvalue weighted by molar-refractivity contribution is 0.0368. The van der Waals surface area contributed by atoms with Crippen molar-refractivity contribution in [3.8, 4) is 0 Å². The second-order valence-corrected chi connectivity index (χ2v) is 7.66. The van der Waals surface area contributed by atoms with Crippen LogP contribution in [-0.4, -0.2) is 66.7 Å². The Kier molecular flexibility index (Phi) is 7.27. The van der Waals surface area contributed by atoms with Crippen molar-refractivity contribution in [3.63, 3.8) is 0 Å². The van der Waals surface area contributed by atoms with Crippen molar-refractivity contribution in [2.75, 3.05) is 51.7 Å². The van der Waals surface area contributed by atoms with Crippen molar-refractivity contribution >= 4 is 28.5 Å². The van der Waals surface area contributed by atoms with Crippen LogP contribution in [0.15, 0.2) is 29.3 Å². The third-order valence-corrected chi connectivity index (χ3v) is 5.88. The predicted octanol–water partition coefficient (Wildman–Crippen LogP) is 3.36. The summed E-state index contributed by atoms with van der Waals surface area (Å²) in [5.74, 6) is 1.17. The Labute approximate surface area is 154 Å². The molecule has 0 amide bonds. The van der Waals surface area contributed by atoms with Crippen molar-refractivity contribution in [3.05, 3.63) is 34.9 Å². The molecule has 1 aromatic rings. The molecule has 0 atom stereocenters. The van der Waals surface area contributed by atoms with E-state index in [1.807, 2.05) is 23.9 Å². The Morgan fingerprint density at radius 2 is 2.08 bits per heavy atom. The number of thioether (sulfide) groups is 1. The number of ether oxygens (including phenoxy) is 1. The summed E-state index contributed by atoms with van der Waals surface area (Å²) in [7, 11) is 0. The zero-order valence-electron chi connectivity index (χ0n) is 14.1. The molecule has 0 radical (unpaired) electrons. The SMILES string of the molecule is Clc1ccccc1CN(CCCN1CCOCC1)C1=NCCCS1. The predicted molar refractivity (Wildman–Crippen MR) is 103 cm³/mol. The van der Waals surface area contributed by atoms with E-state index < -0.39 is 0 Å². The summed E-state index contributed by atoms with van der Waals surface area (Å²) in [6.45, 7) is 7.78. The number of rotatable bonds is 6. The summed E-state index contributed by atoms with van der Waals surface area (Å²) in [6, 6.07) is 8.13. The van der Waals surface area contributed by atoms with Gasteiger partial charge in [-0.05, 0) is 24.5 Å². The van der Waals surface area contributed by atoms with Gasteiger partial charge in [-0.3, -0.25) is 9.89 Å². The molecule has 2 aliphatic rings. The topological polar surface area (TPSA) is 28.1 Å². The Morgan fingerprint density at radius 1 is 1.25 bits per heavy atom. The van der Waals surface area contributed by atoms with Crippen LogP contribution in [-0.2, 0) is 11.3 Å². The summed E-state index contributed by atoms with van der Waals surface area (Å²) in [5, 5.41) is 2.03. The van der Waals surface area contributed by atoms with E-state index in [0.717, 1.165) is 63.9 Å². The lowest BCUT2D eigenvalue weighted by atomic mass is 10.2. The lowest BCUT2D eigenvalue weighted by Crippen LogP contribution is -2.39. The maximum absolute atomic E-state index is 6.37. The van der Waals surface area contributed by atoms with Crippen LogP contribution in [0.4, 0.5) is 0 Å². The van der Waals surface area contributed by atoms with E-state index in [0.29, 0.717) is 0 Å². The number of morpholine rings is 1. The van der Waals surface area contributed by atoms with E-state index in [1.165, 1.54) is 22.9 Å². The number of amidine groups is 1. The largest absolute Gasteiger partial charge is 0.379 e. The molecule has 1 saturated heterocycles. The van der Waals surface area contributed by atoms with Crippen LogP contribution in [0.3, 0.4) is 0 Å². The van der Waals surface area contributed by atoms with Crippen LogP contribution >= 0.6 is 23.4 Å². The molecule has 0 aromatic heterocycles. The Bertz CT molecular complexity index is 549. The van der Waals surface area contributed by atoms with Gasteiger partial charge in [0.05, 0.1) is 13.2 Å². The molecule has 6 heteroatoms. The first-order chi connectivity index (χ1) is 11.8. The van der Waals surface area contributed by atoms with Crippen LogP contribution in [0.5, 0.6) is 0 Å². The van der Waals surface area contributed by atoms with Gasteiger partial charge in [0.1, 0.15) is 0 Å². The van der Waals surface area contributed by atoms with Crippen molar-refractivity contribution < 1.29 is 4.74 Å². The molecule has 2 aliphatic heterocycles. The number of aliphatic imine (C=N–C) groups is 1. The van der Waals surface area contributed by atoms with E-state index in [4.69, 9.17) is 21.3 Å². The van der Waals surface area contributed by atoms with Gasteiger partial charge < -0.3 is 9.64 Å². The summed E-state index contributed by atoms with van der Waals surface area (Å²) >= 11 is 8.25. The third-order valence-electron chi connectivity index (χ3n) is 4.38. The van der Waals surface area contributed by atoms with Crippen LogP contribution in [0.25, 0.3) is 0 Å². The standard InChI is InChI=1S/C18H26ClN3OS/c19-17-6-2-1-5-16(17)15-22(18-20-7-3-14-24-18)9-4-8-21-10-12-23-13-11-21/h1-2,5-6H,3-4,7-15H2. The van der Waals surface area contributed by atoms with Gasteiger partial charge in [-0.1, -0.05) is 41.6 Å². The molecule has 1 aromatic carbocycles. The number of hydrogen-bond donors (Lipinski definition) is 0. The average molecular weight is 368 g/mol. The van der Waals surface area contributed by atoms with Gasteiger partial charge in [-0.15, -0.1) is 0 Å². The molecule has 0 N–H and O–H groups in total. The number of hydrogen-bond acceptors (Lipinski definition) is 5. The molecular weight excluding hydrogens is 342 g/mol. The Balaban J connectivity index is 1.59. The monoisotopic (exact) mass is 367 g/mol. The fourth-order valence-corrected chi connectivity index (χ4v) is 4.20. The van der Waals surface area contributed by atoms with Gasteiger partial charge in [0, 0.05) is 50.0 Å². The first kappa shape index (κ1) is 18.1. The smallest absolute Gasteiger partial charge is 0.159 e. The van der Waals surface area contributed by atoms with Crippen molar-refractivity contribution in [2.24, 2.45) is 4.99 Å². The fourth-order valence-electron chi connectivity index (χ4n) is 3.02. The molecular formula is C18H26ClN3OS. The zero-order valence-corrected chi connectivity index (χ0v) is 15.7. The molecule has 24 heavy (non-hydrogen) atoms. The highest BCUT2D eigenvalue weighted by Crippen LogP contribution is 2.22. The minimum absolute atomic E-state index is 0.842. The quantitative estimate of drug-likeness (QED) is 0.770. The molecule has 2 heterocycles. The second kappa shape index (κ2) is 9.66. The first-order valence-corrected chi connectivity index (χ1v) is 10.1. The van der Waals surface area contributed by atoms with Crippen LogP contribution in [0.1, 0.15) is 18.4 Å². The molecule has 0 unspecified atom stereocenters. The van der Waals surface area contributed by atoms with Crippen molar-refractivity contribution in [1.82, 2.24) is 9.80 Å². The summed E-state index contributed by atoms with van der Waals surface area (Å²) < 4.78 is 5.43. The van der Waals surface area contributed by atoms with Gasteiger partial charge >= 0.3 is 0 Å². The number of halogens is 1. The average Bonchev–Trinajstić information content (AvgIpc) is 2.64. The van der Waals surface area contributed by atoms with Crippen molar-refractivity contribution in [2.45, 2.75) is 19.4 Å². The van der Waals surface area contributed by atoms with Gasteiger partial charge in [-0.25, -0.2) is 0 Å². The number of nitrogens with zero attached hydrogens (tertiary/aromatic N) is 3. The van der Waals surface area contributed by atoms with E-state index >= 15 is 0 Å². The lowest BCUT2D eigenvalue weighted by Gasteiger charge is -2.30. The summed E-state index contributed by atoms with van der Waals surface area (Å²) in [4.78, 5) is 9.65. The maximum Gasteiger partial charge on any atom is 0.159 e. The van der Waals surface area contributed by atoms with E-state index in [9.17, 15) is 0 Å². The molecule has 0 spiro atoms. The molecule has 0 bridgehead atoms. The molecule has 1 fully saturated rings. The normalized spacial score (nSPS) is 19.1. The van der Waals surface area contributed by atoms with Gasteiger partial charge in [0.25, 0.3) is 0 Å². The number of benzene rings is 1. The highest BCUT2D eigenvalue weighted by atomic mass is 35.5. The van der Waals surface area contributed by atoms with Gasteiger partial charge in [0.15, 0.2) is 5.17 Å². The molecule has 0 aliphatic carbocycles.